The van der Waals surface area contributed by atoms with E-state index in [1.54, 1.807) is 0 Å². The van der Waals surface area contributed by atoms with Gasteiger partial charge in [0, 0.05) is 16.9 Å². The van der Waals surface area contributed by atoms with Crippen LogP contribution in [0.3, 0.4) is 0 Å². The molecular weight excluding hydrogens is 304 g/mol. The lowest BCUT2D eigenvalue weighted by molar-refractivity contribution is -0.120. The van der Waals surface area contributed by atoms with Crippen molar-refractivity contribution in [3.05, 3.63) is 46.9 Å². The van der Waals surface area contributed by atoms with Gasteiger partial charge in [0.1, 0.15) is 0 Å². The first-order valence-corrected chi connectivity index (χ1v) is 9.00. The predicted molar refractivity (Wildman–Crippen MR) is 94.5 cm³/mol. The fraction of sp³-hybridized carbons (Fsp3) is 0.368. The lowest BCUT2D eigenvalue weighted by Gasteiger charge is -2.16. The van der Waals surface area contributed by atoms with E-state index in [-0.39, 0.29) is 11.8 Å². The van der Waals surface area contributed by atoms with Gasteiger partial charge in [0.15, 0.2) is 5.13 Å². The maximum absolute atomic E-state index is 12.5. The molecule has 1 N–H and O–H groups in total. The average Bonchev–Trinajstić information content (AvgIpc) is 3.26. The number of allylic oxidation sites excluding steroid dienone is 2. The molecule has 2 aromatic rings. The van der Waals surface area contributed by atoms with Crippen LogP contribution >= 0.6 is 11.3 Å². The molecule has 1 aromatic heterocycles. The van der Waals surface area contributed by atoms with Crippen molar-refractivity contribution < 1.29 is 4.79 Å². The van der Waals surface area contributed by atoms with Crippen molar-refractivity contribution in [2.45, 2.75) is 26.7 Å². The number of nitrogens with one attached hydrogen (secondary N) is 1. The zero-order valence-corrected chi connectivity index (χ0v) is 14.2. The number of amides is 1. The fourth-order valence-electron chi connectivity index (χ4n) is 3.64. The van der Waals surface area contributed by atoms with Crippen LogP contribution in [0.1, 0.15) is 24.0 Å². The van der Waals surface area contributed by atoms with Crippen LogP contribution in [0, 0.1) is 31.6 Å². The number of aryl methyl sites for hydroxylation is 2. The van der Waals surface area contributed by atoms with Crippen LogP contribution in [-0.2, 0) is 4.79 Å². The Morgan fingerprint density at radius 2 is 2.09 bits per heavy atom. The number of rotatable bonds is 3. The summed E-state index contributed by atoms with van der Waals surface area (Å²) < 4.78 is 0. The lowest BCUT2D eigenvalue weighted by atomic mass is 9.93. The van der Waals surface area contributed by atoms with E-state index in [9.17, 15) is 4.79 Å². The largest absolute Gasteiger partial charge is 0.302 e. The zero-order chi connectivity index (χ0) is 16.0. The highest BCUT2D eigenvalue weighted by Gasteiger charge is 2.39. The highest BCUT2D eigenvalue weighted by Crippen LogP contribution is 2.43. The Labute approximate surface area is 140 Å². The van der Waals surface area contributed by atoms with Crippen molar-refractivity contribution in [2.24, 2.45) is 17.8 Å². The summed E-state index contributed by atoms with van der Waals surface area (Å²) >= 11 is 1.50. The molecule has 4 rings (SSSR count). The van der Waals surface area contributed by atoms with Crippen LogP contribution < -0.4 is 5.32 Å². The summed E-state index contributed by atoms with van der Waals surface area (Å²) in [5.74, 6) is 1.29. The lowest BCUT2D eigenvalue weighted by Crippen LogP contribution is -2.25. The first-order valence-electron chi connectivity index (χ1n) is 8.12. The standard InChI is InChI=1S/C19H20N2OS/c1-11-3-5-15(7-12(11)2)17-10-23-19(20-17)21-18(22)16-9-13-4-6-14(16)8-13/h3-7,10,13-14,16H,8-9H2,1-2H3,(H,20,21,22)/t13-,14+,16-/m1/s1. The van der Waals surface area contributed by atoms with Crippen LogP contribution in [0.5, 0.6) is 0 Å². The summed E-state index contributed by atoms with van der Waals surface area (Å²) in [4.78, 5) is 17.1. The van der Waals surface area contributed by atoms with Gasteiger partial charge in [-0.1, -0.05) is 24.3 Å². The van der Waals surface area contributed by atoms with Gasteiger partial charge in [-0.25, -0.2) is 4.98 Å². The van der Waals surface area contributed by atoms with Crippen molar-refractivity contribution in [3.63, 3.8) is 0 Å². The van der Waals surface area contributed by atoms with Gasteiger partial charge in [-0.3, -0.25) is 4.79 Å². The van der Waals surface area contributed by atoms with Gasteiger partial charge >= 0.3 is 0 Å². The summed E-state index contributed by atoms with van der Waals surface area (Å²) in [6.07, 6.45) is 6.60. The smallest absolute Gasteiger partial charge is 0.229 e. The first-order chi connectivity index (χ1) is 11.1. The fourth-order valence-corrected chi connectivity index (χ4v) is 4.37. The SMILES string of the molecule is Cc1ccc(-c2csc(NC(=O)[C@@H]3C[C@@H]4C=C[C@H]3C4)n2)cc1C. The van der Waals surface area contributed by atoms with Crippen molar-refractivity contribution in [2.75, 3.05) is 5.32 Å². The number of thiazole rings is 1. The third-order valence-electron chi connectivity index (χ3n) is 5.15. The topological polar surface area (TPSA) is 42.0 Å². The van der Waals surface area contributed by atoms with E-state index >= 15 is 0 Å². The number of aromatic nitrogens is 1. The number of benzene rings is 1. The van der Waals surface area contributed by atoms with E-state index in [2.05, 4.69) is 54.5 Å². The summed E-state index contributed by atoms with van der Waals surface area (Å²) in [6.45, 7) is 4.21. The Morgan fingerprint density at radius 1 is 1.22 bits per heavy atom. The molecule has 2 aliphatic carbocycles. The van der Waals surface area contributed by atoms with Crippen molar-refractivity contribution in [1.82, 2.24) is 4.98 Å². The number of carbonyl (C=O) groups excluding carboxylic acids is 1. The molecule has 0 radical (unpaired) electrons. The van der Waals surface area contributed by atoms with E-state index in [1.165, 1.54) is 22.5 Å². The number of carbonyl (C=O) groups is 1. The number of anilines is 1. The minimum atomic E-state index is 0.124. The molecule has 1 amide bonds. The van der Waals surface area contributed by atoms with E-state index in [0.717, 1.165) is 24.1 Å². The van der Waals surface area contributed by atoms with Gasteiger partial charge in [-0.05, 0) is 55.7 Å². The number of fused-ring (bicyclic) bond motifs is 2. The molecule has 3 atom stereocenters. The second kappa shape index (κ2) is 5.60. The van der Waals surface area contributed by atoms with Crippen LogP contribution in [0.15, 0.2) is 35.7 Å². The molecule has 0 saturated heterocycles. The quantitative estimate of drug-likeness (QED) is 0.840. The second-order valence-electron chi connectivity index (χ2n) is 6.71. The monoisotopic (exact) mass is 324 g/mol. The molecule has 118 valence electrons. The molecule has 1 saturated carbocycles. The van der Waals surface area contributed by atoms with Crippen LogP contribution in [0.4, 0.5) is 5.13 Å². The van der Waals surface area contributed by atoms with Crippen molar-refractivity contribution in [3.8, 4) is 11.3 Å². The third-order valence-corrected chi connectivity index (χ3v) is 5.91. The van der Waals surface area contributed by atoms with E-state index in [1.807, 2.05) is 5.38 Å². The molecule has 23 heavy (non-hydrogen) atoms. The van der Waals surface area contributed by atoms with Gasteiger partial charge in [-0.15, -0.1) is 11.3 Å². The third kappa shape index (κ3) is 2.72. The van der Waals surface area contributed by atoms with Gasteiger partial charge in [0.05, 0.1) is 5.69 Å². The highest BCUT2D eigenvalue weighted by atomic mass is 32.1. The summed E-state index contributed by atoms with van der Waals surface area (Å²) in [7, 11) is 0. The Morgan fingerprint density at radius 3 is 2.78 bits per heavy atom. The van der Waals surface area contributed by atoms with Gasteiger partial charge in [0.25, 0.3) is 0 Å². The number of hydrogen-bond donors (Lipinski definition) is 1. The van der Waals surface area contributed by atoms with Gasteiger partial charge in [-0.2, -0.15) is 0 Å². The minimum absolute atomic E-state index is 0.124. The molecule has 0 aliphatic heterocycles. The minimum Gasteiger partial charge on any atom is -0.302 e. The number of nitrogens with zero attached hydrogens (tertiary/aromatic N) is 1. The molecule has 1 aromatic carbocycles. The second-order valence-corrected chi connectivity index (χ2v) is 7.57. The summed E-state index contributed by atoms with van der Waals surface area (Å²) in [6, 6.07) is 6.35. The normalized spacial score (nSPS) is 25.0. The van der Waals surface area contributed by atoms with Crippen LogP contribution in [0.25, 0.3) is 11.3 Å². The molecule has 0 spiro atoms. The molecule has 1 heterocycles. The van der Waals surface area contributed by atoms with Gasteiger partial charge < -0.3 is 5.32 Å². The van der Waals surface area contributed by atoms with E-state index < -0.39 is 0 Å². The first kappa shape index (κ1) is 14.6. The maximum Gasteiger partial charge on any atom is 0.229 e. The zero-order valence-electron chi connectivity index (χ0n) is 13.4. The molecule has 1 fully saturated rings. The Bertz CT molecular complexity index is 792. The van der Waals surface area contributed by atoms with Crippen molar-refractivity contribution in [1.29, 1.82) is 0 Å². The van der Waals surface area contributed by atoms with Gasteiger partial charge in [0.2, 0.25) is 5.91 Å². The summed E-state index contributed by atoms with van der Waals surface area (Å²) in [5, 5.41) is 5.74. The molecule has 2 aliphatic rings. The molecule has 3 nitrogen and oxygen atoms in total. The van der Waals surface area contributed by atoms with E-state index in [4.69, 9.17) is 0 Å². The number of hydrogen-bond acceptors (Lipinski definition) is 3. The Balaban J connectivity index is 1.48. The summed E-state index contributed by atoms with van der Waals surface area (Å²) in [5.41, 5.74) is 4.57. The van der Waals surface area contributed by atoms with Crippen molar-refractivity contribution >= 4 is 22.4 Å². The Kier molecular flexibility index (Phi) is 3.57. The Hall–Kier alpha value is -1.94. The van der Waals surface area contributed by atoms with Crippen LogP contribution in [-0.4, -0.2) is 10.9 Å². The molecule has 4 heteroatoms. The predicted octanol–water partition coefficient (Wildman–Crippen LogP) is 4.58. The average molecular weight is 324 g/mol. The molecular formula is C19H20N2OS. The maximum atomic E-state index is 12.5. The van der Waals surface area contributed by atoms with Crippen LogP contribution in [0.2, 0.25) is 0 Å². The molecule has 0 unspecified atom stereocenters. The van der Waals surface area contributed by atoms with E-state index in [0.29, 0.717) is 17.0 Å². The molecule has 2 bridgehead atoms. The highest BCUT2D eigenvalue weighted by molar-refractivity contribution is 7.14.